The third kappa shape index (κ3) is 6.90. The van der Waals surface area contributed by atoms with E-state index in [1.807, 2.05) is 0 Å². The van der Waals surface area contributed by atoms with Crippen molar-refractivity contribution in [2.45, 2.75) is 63.2 Å². The van der Waals surface area contributed by atoms with E-state index in [1.54, 1.807) is 24.3 Å². The first kappa shape index (κ1) is 24.5. The van der Waals surface area contributed by atoms with Crippen LogP contribution in [0.3, 0.4) is 0 Å². The largest absolute Gasteiger partial charge is 0.466 e. The number of rotatable bonds is 12. The van der Waals surface area contributed by atoms with E-state index in [4.69, 9.17) is 4.74 Å². The Morgan fingerprint density at radius 2 is 1.94 bits per heavy atom. The summed E-state index contributed by atoms with van der Waals surface area (Å²) in [5.74, 6) is 1.91. The molecule has 2 saturated carbocycles. The smallest absolute Gasteiger partial charge is 0.305 e. The van der Waals surface area contributed by atoms with E-state index in [2.05, 4.69) is 39.7 Å². The summed E-state index contributed by atoms with van der Waals surface area (Å²) in [7, 11) is -3.50. The van der Waals surface area contributed by atoms with Crippen LogP contribution in [0.5, 0.6) is 0 Å². The van der Waals surface area contributed by atoms with Gasteiger partial charge in [-0.25, -0.2) is 13.1 Å². The van der Waals surface area contributed by atoms with Crippen LogP contribution < -0.4 is 4.72 Å². The first-order valence-electron chi connectivity index (χ1n) is 11.5. The number of ether oxygens (including phenoxy) is 1. The number of fused-ring (bicyclic) bond motifs is 2. The van der Waals surface area contributed by atoms with E-state index < -0.39 is 10.0 Å². The first-order chi connectivity index (χ1) is 14.9. The number of hydrogen-bond acceptors (Lipinski definition) is 4. The van der Waals surface area contributed by atoms with Crippen molar-refractivity contribution >= 4 is 31.9 Å². The molecule has 0 amide bonds. The number of sulfonamides is 1. The van der Waals surface area contributed by atoms with Crippen molar-refractivity contribution in [3.05, 3.63) is 40.9 Å². The van der Waals surface area contributed by atoms with Crippen molar-refractivity contribution in [3.8, 4) is 0 Å². The maximum atomic E-state index is 12.7. The number of halogens is 1. The first-order valence-corrected chi connectivity index (χ1v) is 13.8. The van der Waals surface area contributed by atoms with Gasteiger partial charge in [0.1, 0.15) is 0 Å². The average molecular weight is 513 g/mol. The Morgan fingerprint density at radius 3 is 2.68 bits per heavy atom. The van der Waals surface area contributed by atoms with E-state index in [0.717, 1.165) is 30.2 Å². The predicted molar refractivity (Wildman–Crippen MR) is 126 cm³/mol. The second-order valence-electron chi connectivity index (χ2n) is 8.77. The van der Waals surface area contributed by atoms with E-state index in [-0.39, 0.29) is 5.97 Å². The fourth-order valence-electron chi connectivity index (χ4n) is 4.98. The van der Waals surface area contributed by atoms with Gasteiger partial charge in [0.15, 0.2) is 0 Å². The van der Waals surface area contributed by atoms with Gasteiger partial charge in [-0.1, -0.05) is 41.4 Å². The molecule has 2 fully saturated rings. The van der Waals surface area contributed by atoms with Crippen molar-refractivity contribution in [1.29, 1.82) is 0 Å². The lowest BCUT2D eigenvalue weighted by atomic mass is 9.79. The Labute approximate surface area is 195 Å². The van der Waals surface area contributed by atoms with Gasteiger partial charge in [-0.15, -0.1) is 0 Å². The summed E-state index contributed by atoms with van der Waals surface area (Å²) in [5, 5.41) is 0. The molecule has 0 saturated heterocycles. The van der Waals surface area contributed by atoms with Gasteiger partial charge in [-0.2, -0.15) is 0 Å². The maximum Gasteiger partial charge on any atom is 0.305 e. The molecule has 0 spiro atoms. The van der Waals surface area contributed by atoms with Crippen molar-refractivity contribution in [3.63, 3.8) is 0 Å². The molecule has 0 heterocycles. The van der Waals surface area contributed by atoms with Crippen LogP contribution in [0.25, 0.3) is 0 Å². The highest BCUT2D eigenvalue weighted by Crippen LogP contribution is 2.52. The number of allylic oxidation sites excluding steroid dienone is 2. The molecule has 7 heteroatoms. The van der Waals surface area contributed by atoms with Crippen molar-refractivity contribution < 1.29 is 17.9 Å². The van der Waals surface area contributed by atoms with Crippen LogP contribution in [0.15, 0.2) is 45.8 Å². The second kappa shape index (κ2) is 11.6. The topological polar surface area (TPSA) is 72.5 Å². The van der Waals surface area contributed by atoms with Crippen molar-refractivity contribution in [1.82, 2.24) is 4.72 Å². The Hall–Kier alpha value is -1.18. The molecule has 0 aromatic heterocycles. The summed E-state index contributed by atoms with van der Waals surface area (Å²) >= 11 is 3.34. The zero-order chi connectivity index (χ0) is 22.3. The summed E-state index contributed by atoms with van der Waals surface area (Å²) in [6.07, 6.45) is 12.2. The van der Waals surface area contributed by atoms with Gasteiger partial charge in [0.05, 0.1) is 11.5 Å². The van der Waals surface area contributed by atoms with Gasteiger partial charge in [0, 0.05) is 17.4 Å². The molecule has 31 heavy (non-hydrogen) atoms. The molecule has 4 unspecified atom stereocenters. The molecule has 4 atom stereocenters. The summed E-state index contributed by atoms with van der Waals surface area (Å²) < 4.78 is 34.3. The van der Waals surface area contributed by atoms with E-state index >= 15 is 0 Å². The van der Waals surface area contributed by atoms with Gasteiger partial charge in [-0.3, -0.25) is 4.79 Å². The quantitative estimate of drug-likeness (QED) is 0.229. The standard InChI is InChI=1S/C24H34BrNO4S/c1-2-3-15-30-24(27)8-6-4-5-7-22-18-9-10-19(16-18)23(22)17-26-31(28,29)21-13-11-20(25)12-14-21/h5,7,11-14,18-19,22-23,26H,2-4,6,8-10,15-17H2,1H3/b7-5-. The fourth-order valence-corrected chi connectivity index (χ4v) is 6.32. The van der Waals surface area contributed by atoms with Crippen LogP contribution in [-0.2, 0) is 19.6 Å². The zero-order valence-electron chi connectivity index (χ0n) is 18.3. The third-order valence-corrected chi connectivity index (χ3v) is 8.63. The van der Waals surface area contributed by atoms with E-state index in [9.17, 15) is 13.2 Å². The Bertz CT molecular complexity index is 853. The number of benzene rings is 1. The minimum atomic E-state index is -3.50. The minimum Gasteiger partial charge on any atom is -0.466 e. The molecule has 172 valence electrons. The normalized spacial score (nSPS) is 25.4. The van der Waals surface area contributed by atoms with Crippen LogP contribution in [0.1, 0.15) is 58.3 Å². The summed E-state index contributed by atoms with van der Waals surface area (Å²) in [5.41, 5.74) is 0. The number of hydrogen-bond donors (Lipinski definition) is 1. The van der Waals surface area contributed by atoms with Crippen LogP contribution >= 0.6 is 15.9 Å². The van der Waals surface area contributed by atoms with Gasteiger partial charge < -0.3 is 4.74 Å². The molecule has 1 aromatic rings. The van der Waals surface area contributed by atoms with Crippen LogP contribution in [-0.4, -0.2) is 27.5 Å². The molecule has 3 rings (SSSR count). The number of unbranched alkanes of at least 4 members (excludes halogenated alkanes) is 2. The Kier molecular flexibility index (Phi) is 9.17. The molecular formula is C24H34BrNO4S. The maximum absolute atomic E-state index is 12.7. The molecule has 0 radical (unpaired) electrons. The monoisotopic (exact) mass is 511 g/mol. The number of carbonyl (C=O) groups excluding carboxylic acids is 1. The average Bonchev–Trinajstić information content (AvgIpc) is 3.34. The molecule has 0 aliphatic heterocycles. The van der Waals surface area contributed by atoms with Crippen molar-refractivity contribution in [2.24, 2.45) is 23.7 Å². The number of esters is 1. The lowest BCUT2D eigenvalue weighted by Gasteiger charge is -2.29. The van der Waals surface area contributed by atoms with Gasteiger partial charge >= 0.3 is 5.97 Å². The highest BCUT2D eigenvalue weighted by molar-refractivity contribution is 9.10. The molecule has 2 aliphatic carbocycles. The number of nitrogens with one attached hydrogen (secondary N) is 1. The van der Waals surface area contributed by atoms with E-state index in [1.165, 1.54) is 19.3 Å². The molecule has 2 bridgehead atoms. The van der Waals surface area contributed by atoms with Crippen LogP contribution in [0, 0.1) is 23.7 Å². The predicted octanol–water partition coefficient (Wildman–Crippen LogP) is 5.46. The fraction of sp³-hybridized carbons (Fsp3) is 0.625. The molecule has 1 aromatic carbocycles. The Balaban J connectivity index is 1.48. The van der Waals surface area contributed by atoms with Crippen LogP contribution in [0.4, 0.5) is 0 Å². The van der Waals surface area contributed by atoms with E-state index in [0.29, 0.717) is 48.1 Å². The lowest BCUT2D eigenvalue weighted by molar-refractivity contribution is -0.143. The number of carbonyl (C=O) groups is 1. The van der Waals surface area contributed by atoms with Crippen LogP contribution in [0.2, 0.25) is 0 Å². The molecular weight excluding hydrogens is 478 g/mol. The molecule has 1 N–H and O–H groups in total. The second-order valence-corrected chi connectivity index (χ2v) is 11.5. The van der Waals surface area contributed by atoms with Gasteiger partial charge in [0.25, 0.3) is 0 Å². The zero-order valence-corrected chi connectivity index (χ0v) is 20.7. The molecule has 2 aliphatic rings. The van der Waals surface area contributed by atoms with Gasteiger partial charge in [0.2, 0.25) is 10.0 Å². The highest BCUT2D eigenvalue weighted by Gasteiger charge is 2.46. The minimum absolute atomic E-state index is 0.109. The lowest BCUT2D eigenvalue weighted by Crippen LogP contribution is -2.35. The SMILES string of the molecule is CCCCOC(=O)CCC/C=C\C1C2CCC(C2)C1CNS(=O)(=O)c1ccc(Br)cc1. The summed E-state index contributed by atoms with van der Waals surface area (Å²) in [6.45, 7) is 3.08. The summed E-state index contributed by atoms with van der Waals surface area (Å²) in [4.78, 5) is 12.0. The van der Waals surface area contributed by atoms with Crippen molar-refractivity contribution in [2.75, 3.05) is 13.2 Å². The highest BCUT2D eigenvalue weighted by atomic mass is 79.9. The summed E-state index contributed by atoms with van der Waals surface area (Å²) in [6, 6.07) is 6.74. The van der Waals surface area contributed by atoms with Gasteiger partial charge in [-0.05, 0) is 86.5 Å². The third-order valence-electron chi connectivity index (χ3n) is 6.66. The molecule has 5 nitrogen and oxygen atoms in total. The Morgan fingerprint density at radius 1 is 1.19 bits per heavy atom.